The fourth-order valence-corrected chi connectivity index (χ4v) is 2.76. The van der Waals surface area contributed by atoms with Gasteiger partial charge in [-0.3, -0.25) is 0 Å². The van der Waals surface area contributed by atoms with Gasteiger partial charge in [0.1, 0.15) is 0 Å². The SMILES string of the molecule is CC1CC(NC2CCNCC2)CCN1C. The van der Waals surface area contributed by atoms with Crippen molar-refractivity contribution in [3.8, 4) is 0 Å². The Balaban J connectivity index is 1.74. The van der Waals surface area contributed by atoms with Gasteiger partial charge in [0.25, 0.3) is 0 Å². The predicted molar refractivity (Wildman–Crippen MR) is 64.1 cm³/mol. The fourth-order valence-electron chi connectivity index (χ4n) is 2.76. The molecule has 0 spiro atoms. The van der Waals surface area contributed by atoms with Crippen LogP contribution in [0.25, 0.3) is 0 Å². The summed E-state index contributed by atoms with van der Waals surface area (Å²) in [6, 6.07) is 2.28. The molecule has 0 aromatic heterocycles. The number of nitrogens with zero attached hydrogens (tertiary/aromatic N) is 1. The maximum atomic E-state index is 3.84. The third-order valence-electron chi connectivity index (χ3n) is 4.02. The van der Waals surface area contributed by atoms with Crippen LogP contribution < -0.4 is 10.6 Å². The highest BCUT2D eigenvalue weighted by Crippen LogP contribution is 2.17. The molecule has 2 saturated heterocycles. The van der Waals surface area contributed by atoms with Crippen LogP contribution in [-0.2, 0) is 0 Å². The van der Waals surface area contributed by atoms with Crippen molar-refractivity contribution in [3.63, 3.8) is 0 Å². The second-order valence-electron chi connectivity index (χ2n) is 5.24. The minimum Gasteiger partial charge on any atom is -0.317 e. The molecular formula is C12H25N3. The summed E-state index contributed by atoms with van der Waals surface area (Å²) in [4.78, 5) is 2.47. The van der Waals surface area contributed by atoms with Crippen LogP contribution in [0.15, 0.2) is 0 Å². The van der Waals surface area contributed by atoms with Gasteiger partial charge in [-0.05, 0) is 59.3 Å². The van der Waals surface area contributed by atoms with Gasteiger partial charge >= 0.3 is 0 Å². The monoisotopic (exact) mass is 211 g/mol. The van der Waals surface area contributed by atoms with Gasteiger partial charge < -0.3 is 15.5 Å². The van der Waals surface area contributed by atoms with Gasteiger partial charge in [-0.1, -0.05) is 0 Å². The first kappa shape index (κ1) is 11.4. The van der Waals surface area contributed by atoms with Gasteiger partial charge in [0.05, 0.1) is 0 Å². The standard InChI is InChI=1S/C12H25N3/c1-10-9-12(5-8-15(10)2)14-11-3-6-13-7-4-11/h10-14H,3-9H2,1-2H3. The second-order valence-corrected chi connectivity index (χ2v) is 5.24. The Morgan fingerprint density at radius 1 is 1.13 bits per heavy atom. The third-order valence-corrected chi connectivity index (χ3v) is 4.02. The number of nitrogens with one attached hydrogen (secondary N) is 2. The first-order valence-electron chi connectivity index (χ1n) is 6.42. The molecule has 15 heavy (non-hydrogen) atoms. The molecule has 2 aliphatic rings. The zero-order valence-corrected chi connectivity index (χ0v) is 10.1. The fraction of sp³-hybridized carbons (Fsp3) is 1.00. The summed E-state index contributed by atoms with van der Waals surface area (Å²) in [6.07, 6.45) is 5.26. The molecule has 2 N–H and O–H groups in total. The Morgan fingerprint density at radius 3 is 2.53 bits per heavy atom. The molecule has 0 aromatic carbocycles. The van der Waals surface area contributed by atoms with E-state index in [-0.39, 0.29) is 0 Å². The van der Waals surface area contributed by atoms with Crippen LogP contribution in [-0.4, -0.2) is 49.7 Å². The first-order valence-corrected chi connectivity index (χ1v) is 6.42. The molecule has 0 saturated carbocycles. The normalized spacial score (nSPS) is 35.6. The minimum atomic E-state index is 0.748. The molecule has 0 radical (unpaired) electrons. The van der Waals surface area contributed by atoms with E-state index in [1.165, 1.54) is 45.3 Å². The number of likely N-dealkylation sites (tertiary alicyclic amines) is 1. The molecule has 2 unspecified atom stereocenters. The van der Waals surface area contributed by atoms with Crippen molar-refractivity contribution in [3.05, 3.63) is 0 Å². The van der Waals surface area contributed by atoms with E-state index in [4.69, 9.17) is 0 Å². The van der Waals surface area contributed by atoms with Gasteiger partial charge in [0.15, 0.2) is 0 Å². The Labute approximate surface area is 93.6 Å². The lowest BCUT2D eigenvalue weighted by Gasteiger charge is -2.38. The van der Waals surface area contributed by atoms with E-state index < -0.39 is 0 Å². The Kier molecular flexibility index (Phi) is 4.00. The van der Waals surface area contributed by atoms with Gasteiger partial charge in [-0.25, -0.2) is 0 Å². The summed E-state index contributed by atoms with van der Waals surface area (Å²) >= 11 is 0. The van der Waals surface area contributed by atoms with E-state index in [2.05, 4.69) is 29.5 Å². The molecule has 2 heterocycles. The zero-order valence-electron chi connectivity index (χ0n) is 10.1. The summed E-state index contributed by atoms with van der Waals surface area (Å²) in [6.45, 7) is 5.99. The molecule has 2 fully saturated rings. The quantitative estimate of drug-likeness (QED) is 0.708. The summed E-state index contributed by atoms with van der Waals surface area (Å²) in [5.41, 5.74) is 0. The lowest BCUT2D eigenvalue weighted by molar-refractivity contribution is 0.158. The predicted octanol–water partition coefficient (Wildman–Crippen LogP) is 0.811. The van der Waals surface area contributed by atoms with E-state index >= 15 is 0 Å². The molecule has 0 amide bonds. The van der Waals surface area contributed by atoms with Crippen molar-refractivity contribution >= 4 is 0 Å². The van der Waals surface area contributed by atoms with E-state index in [1.54, 1.807) is 0 Å². The lowest BCUT2D eigenvalue weighted by Crippen LogP contribution is -2.50. The molecule has 0 aliphatic carbocycles. The van der Waals surface area contributed by atoms with Crippen molar-refractivity contribution in [2.75, 3.05) is 26.7 Å². The van der Waals surface area contributed by atoms with E-state index in [0.717, 1.165) is 18.1 Å². The van der Waals surface area contributed by atoms with Crippen molar-refractivity contribution < 1.29 is 0 Å². The average Bonchev–Trinajstić information content (AvgIpc) is 2.25. The minimum absolute atomic E-state index is 0.748. The highest BCUT2D eigenvalue weighted by Gasteiger charge is 2.24. The van der Waals surface area contributed by atoms with Crippen LogP contribution in [0, 0.1) is 0 Å². The van der Waals surface area contributed by atoms with Crippen molar-refractivity contribution in [2.24, 2.45) is 0 Å². The van der Waals surface area contributed by atoms with E-state index in [0.29, 0.717) is 0 Å². The van der Waals surface area contributed by atoms with Crippen molar-refractivity contribution in [1.82, 2.24) is 15.5 Å². The zero-order chi connectivity index (χ0) is 10.7. The highest BCUT2D eigenvalue weighted by molar-refractivity contribution is 4.85. The molecule has 2 aliphatic heterocycles. The number of piperidine rings is 2. The highest BCUT2D eigenvalue weighted by atomic mass is 15.1. The van der Waals surface area contributed by atoms with Crippen molar-refractivity contribution in [1.29, 1.82) is 0 Å². The number of hydrogen-bond acceptors (Lipinski definition) is 3. The number of hydrogen-bond donors (Lipinski definition) is 2. The van der Waals surface area contributed by atoms with Gasteiger partial charge in [0.2, 0.25) is 0 Å². The average molecular weight is 211 g/mol. The maximum Gasteiger partial charge on any atom is 0.00966 e. The van der Waals surface area contributed by atoms with Crippen LogP contribution in [0.2, 0.25) is 0 Å². The molecule has 0 aromatic rings. The topological polar surface area (TPSA) is 27.3 Å². The summed E-state index contributed by atoms with van der Waals surface area (Å²) in [7, 11) is 2.24. The van der Waals surface area contributed by atoms with Gasteiger partial charge in [-0.2, -0.15) is 0 Å². The molecule has 2 atom stereocenters. The molecule has 2 rings (SSSR count). The largest absolute Gasteiger partial charge is 0.317 e. The van der Waals surface area contributed by atoms with Gasteiger partial charge in [-0.15, -0.1) is 0 Å². The van der Waals surface area contributed by atoms with Crippen LogP contribution in [0.1, 0.15) is 32.6 Å². The Morgan fingerprint density at radius 2 is 1.87 bits per heavy atom. The molecular weight excluding hydrogens is 186 g/mol. The van der Waals surface area contributed by atoms with Gasteiger partial charge in [0, 0.05) is 18.1 Å². The first-order chi connectivity index (χ1) is 7.25. The molecule has 3 nitrogen and oxygen atoms in total. The molecule has 0 bridgehead atoms. The smallest absolute Gasteiger partial charge is 0.00966 e. The second kappa shape index (κ2) is 5.28. The van der Waals surface area contributed by atoms with Crippen molar-refractivity contribution in [2.45, 2.75) is 50.7 Å². The van der Waals surface area contributed by atoms with E-state index in [1.807, 2.05) is 0 Å². The van der Waals surface area contributed by atoms with Crippen LogP contribution in [0.4, 0.5) is 0 Å². The van der Waals surface area contributed by atoms with Crippen LogP contribution in [0.5, 0.6) is 0 Å². The third kappa shape index (κ3) is 3.16. The van der Waals surface area contributed by atoms with Crippen LogP contribution in [0.3, 0.4) is 0 Å². The van der Waals surface area contributed by atoms with Crippen LogP contribution >= 0.6 is 0 Å². The summed E-state index contributed by atoms with van der Waals surface area (Å²) in [5, 5.41) is 7.26. The number of rotatable bonds is 2. The summed E-state index contributed by atoms with van der Waals surface area (Å²) in [5.74, 6) is 0. The molecule has 88 valence electrons. The molecule has 3 heteroatoms. The maximum absolute atomic E-state index is 3.84. The lowest BCUT2D eigenvalue weighted by atomic mass is 9.96. The Hall–Kier alpha value is -0.120. The Bertz CT molecular complexity index is 189. The summed E-state index contributed by atoms with van der Waals surface area (Å²) < 4.78 is 0. The van der Waals surface area contributed by atoms with E-state index in [9.17, 15) is 0 Å².